The minimum Gasteiger partial charge on any atom is -0.377 e. The summed E-state index contributed by atoms with van der Waals surface area (Å²) >= 11 is 1.75. The van der Waals surface area contributed by atoms with Gasteiger partial charge in [-0.15, -0.1) is 11.3 Å². The highest BCUT2D eigenvalue weighted by Crippen LogP contribution is 2.29. The molecular weight excluding hydrogens is 233 g/mol. The van der Waals surface area contributed by atoms with Crippen LogP contribution in [-0.4, -0.2) is 0 Å². The van der Waals surface area contributed by atoms with Gasteiger partial charge in [0.2, 0.25) is 0 Å². The maximum atomic E-state index is 12.8. The van der Waals surface area contributed by atoms with E-state index in [0.717, 1.165) is 5.69 Å². The Balaban J connectivity index is 2.16. The van der Waals surface area contributed by atoms with Crippen LogP contribution in [0.5, 0.6) is 0 Å². The van der Waals surface area contributed by atoms with Gasteiger partial charge in [-0.25, -0.2) is 4.39 Å². The van der Waals surface area contributed by atoms with Crippen molar-refractivity contribution in [1.29, 1.82) is 0 Å². The smallest absolute Gasteiger partial charge is 0.123 e. The quantitative estimate of drug-likeness (QED) is 0.828. The van der Waals surface area contributed by atoms with E-state index in [4.69, 9.17) is 0 Å². The number of hydrogen-bond donors (Lipinski definition) is 1. The maximum absolute atomic E-state index is 12.8. The summed E-state index contributed by atoms with van der Waals surface area (Å²) in [5, 5.41) is 5.53. The zero-order chi connectivity index (χ0) is 12.3. The first-order valence-electron chi connectivity index (χ1n) is 5.72. The summed E-state index contributed by atoms with van der Waals surface area (Å²) in [6, 6.07) is 11.0. The van der Waals surface area contributed by atoms with Crippen LogP contribution < -0.4 is 5.32 Å². The van der Waals surface area contributed by atoms with E-state index < -0.39 is 0 Å². The topological polar surface area (TPSA) is 12.0 Å². The monoisotopic (exact) mass is 249 g/mol. The summed E-state index contributed by atoms with van der Waals surface area (Å²) in [5.74, 6) is 0.284. The number of benzene rings is 1. The number of anilines is 1. The predicted molar refractivity (Wildman–Crippen MR) is 71.9 cm³/mol. The second-order valence-corrected chi connectivity index (χ2v) is 5.37. The van der Waals surface area contributed by atoms with E-state index >= 15 is 0 Å². The van der Waals surface area contributed by atoms with E-state index in [1.165, 1.54) is 17.0 Å². The molecule has 1 atom stereocenters. The molecular formula is C14H16FNS. The molecule has 0 amide bonds. The molecule has 0 aliphatic rings. The first-order chi connectivity index (χ1) is 8.16. The van der Waals surface area contributed by atoms with Crippen molar-refractivity contribution < 1.29 is 4.39 Å². The van der Waals surface area contributed by atoms with Crippen LogP contribution in [-0.2, 0) is 0 Å². The highest BCUT2D eigenvalue weighted by Gasteiger charge is 2.16. The van der Waals surface area contributed by atoms with Gasteiger partial charge in [-0.1, -0.05) is 19.9 Å². The van der Waals surface area contributed by atoms with Gasteiger partial charge >= 0.3 is 0 Å². The molecule has 2 aromatic rings. The van der Waals surface area contributed by atoms with Crippen LogP contribution in [0, 0.1) is 11.7 Å². The molecule has 2 rings (SSSR count). The normalized spacial score (nSPS) is 12.7. The van der Waals surface area contributed by atoms with Gasteiger partial charge in [-0.2, -0.15) is 0 Å². The molecule has 0 fully saturated rings. The van der Waals surface area contributed by atoms with Crippen LogP contribution in [0.2, 0.25) is 0 Å². The van der Waals surface area contributed by atoms with Crippen molar-refractivity contribution in [1.82, 2.24) is 0 Å². The van der Waals surface area contributed by atoms with Crippen LogP contribution in [0.4, 0.5) is 10.1 Å². The van der Waals surface area contributed by atoms with Crippen molar-refractivity contribution in [2.75, 3.05) is 5.32 Å². The predicted octanol–water partition coefficient (Wildman–Crippen LogP) is 4.70. The molecule has 17 heavy (non-hydrogen) atoms. The van der Waals surface area contributed by atoms with Crippen LogP contribution >= 0.6 is 11.3 Å². The summed E-state index contributed by atoms with van der Waals surface area (Å²) < 4.78 is 12.8. The van der Waals surface area contributed by atoms with Gasteiger partial charge in [0.15, 0.2) is 0 Å². The van der Waals surface area contributed by atoms with Crippen molar-refractivity contribution in [3.05, 3.63) is 52.5 Å². The van der Waals surface area contributed by atoms with Gasteiger partial charge in [0.05, 0.1) is 6.04 Å². The van der Waals surface area contributed by atoms with E-state index in [1.807, 2.05) is 0 Å². The van der Waals surface area contributed by atoms with Crippen molar-refractivity contribution in [3.63, 3.8) is 0 Å². The zero-order valence-corrected chi connectivity index (χ0v) is 10.8. The lowest BCUT2D eigenvalue weighted by atomic mass is 10.0. The summed E-state index contributed by atoms with van der Waals surface area (Å²) in [6.07, 6.45) is 0. The Labute approximate surface area is 105 Å². The molecule has 3 heteroatoms. The van der Waals surface area contributed by atoms with Crippen LogP contribution in [0.15, 0.2) is 41.8 Å². The molecule has 0 aliphatic carbocycles. The third-order valence-electron chi connectivity index (χ3n) is 2.68. The zero-order valence-electron chi connectivity index (χ0n) is 9.98. The van der Waals surface area contributed by atoms with Crippen molar-refractivity contribution in [2.45, 2.75) is 19.9 Å². The fraction of sp³-hybridized carbons (Fsp3) is 0.286. The van der Waals surface area contributed by atoms with Gasteiger partial charge in [0, 0.05) is 10.6 Å². The first-order valence-corrected chi connectivity index (χ1v) is 6.60. The van der Waals surface area contributed by atoms with Crippen molar-refractivity contribution >= 4 is 17.0 Å². The van der Waals surface area contributed by atoms with Gasteiger partial charge in [0.1, 0.15) is 5.82 Å². The molecule has 1 N–H and O–H groups in total. The number of rotatable bonds is 4. The molecule has 1 nitrogen and oxygen atoms in total. The summed E-state index contributed by atoms with van der Waals surface area (Å²) in [6.45, 7) is 4.36. The highest BCUT2D eigenvalue weighted by molar-refractivity contribution is 7.10. The lowest BCUT2D eigenvalue weighted by molar-refractivity contribution is 0.553. The largest absolute Gasteiger partial charge is 0.377 e. The number of hydrogen-bond acceptors (Lipinski definition) is 2. The van der Waals surface area contributed by atoms with E-state index in [0.29, 0.717) is 5.92 Å². The average Bonchev–Trinajstić information content (AvgIpc) is 2.81. The second-order valence-electron chi connectivity index (χ2n) is 4.39. The lowest BCUT2D eigenvalue weighted by Gasteiger charge is -2.22. The molecule has 0 aliphatic heterocycles. The van der Waals surface area contributed by atoms with E-state index in [2.05, 4.69) is 36.7 Å². The highest BCUT2D eigenvalue weighted by atomic mass is 32.1. The molecule has 0 saturated heterocycles. The van der Waals surface area contributed by atoms with Gasteiger partial charge < -0.3 is 5.32 Å². The average molecular weight is 249 g/mol. The molecule has 0 spiro atoms. The van der Waals surface area contributed by atoms with Crippen LogP contribution in [0.3, 0.4) is 0 Å². The molecule has 0 radical (unpaired) electrons. The Morgan fingerprint density at radius 2 is 1.82 bits per heavy atom. The van der Waals surface area contributed by atoms with E-state index in [1.54, 1.807) is 23.5 Å². The third kappa shape index (κ3) is 3.07. The Morgan fingerprint density at radius 3 is 2.35 bits per heavy atom. The summed E-state index contributed by atoms with van der Waals surface area (Å²) in [7, 11) is 0. The summed E-state index contributed by atoms with van der Waals surface area (Å²) in [4.78, 5) is 1.31. The second kappa shape index (κ2) is 5.32. The SMILES string of the molecule is CC(C)C(Nc1ccc(F)cc1)c1cccs1. The summed E-state index contributed by atoms with van der Waals surface area (Å²) in [5.41, 5.74) is 0.957. The van der Waals surface area contributed by atoms with Gasteiger partial charge in [-0.05, 0) is 41.6 Å². The molecule has 0 saturated carbocycles. The number of nitrogens with one attached hydrogen (secondary N) is 1. The van der Waals surface area contributed by atoms with E-state index in [9.17, 15) is 4.39 Å². The fourth-order valence-electron chi connectivity index (χ4n) is 1.76. The molecule has 1 aromatic carbocycles. The van der Waals surface area contributed by atoms with E-state index in [-0.39, 0.29) is 11.9 Å². The lowest BCUT2D eigenvalue weighted by Crippen LogP contribution is -2.15. The molecule has 1 aromatic heterocycles. The Kier molecular flexibility index (Phi) is 3.79. The minimum absolute atomic E-state index is 0.201. The van der Waals surface area contributed by atoms with Crippen LogP contribution in [0.1, 0.15) is 24.8 Å². The molecule has 90 valence electrons. The first kappa shape index (κ1) is 12.1. The third-order valence-corrected chi connectivity index (χ3v) is 3.64. The molecule has 1 unspecified atom stereocenters. The van der Waals surface area contributed by atoms with Gasteiger partial charge in [0.25, 0.3) is 0 Å². The Hall–Kier alpha value is -1.35. The van der Waals surface area contributed by atoms with Crippen molar-refractivity contribution in [2.24, 2.45) is 5.92 Å². The molecule has 0 bridgehead atoms. The molecule has 1 heterocycles. The standard InChI is InChI=1S/C14H16FNS/c1-10(2)14(13-4-3-9-17-13)16-12-7-5-11(15)6-8-12/h3-10,14,16H,1-2H3. The number of halogens is 1. The van der Waals surface area contributed by atoms with Crippen molar-refractivity contribution in [3.8, 4) is 0 Å². The van der Waals surface area contributed by atoms with Gasteiger partial charge in [-0.3, -0.25) is 0 Å². The fourth-order valence-corrected chi connectivity index (χ4v) is 2.71. The van der Waals surface area contributed by atoms with Crippen LogP contribution in [0.25, 0.3) is 0 Å². The Bertz CT molecular complexity index is 448. The maximum Gasteiger partial charge on any atom is 0.123 e. The number of thiophene rings is 1. The Morgan fingerprint density at radius 1 is 1.12 bits per heavy atom. The minimum atomic E-state index is -0.201.